The maximum Gasteiger partial charge on any atom is 0.128 e. The van der Waals surface area contributed by atoms with Gasteiger partial charge in [0.1, 0.15) is 5.82 Å². The Hall–Kier alpha value is -1.09. The van der Waals surface area contributed by atoms with Crippen LogP contribution in [0.3, 0.4) is 0 Å². The molecule has 1 fully saturated rings. The molecule has 18 heavy (non-hydrogen) atoms. The Morgan fingerprint density at radius 2 is 2.17 bits per heavy atom. The van der Waals surface area contributed by atoms with E-state index in [-0.39, 0.29) is 5.82 Å². The standard InChI is InChI=1S/C15H23FN2/c1-2-10-18(11-12-6-7-12)15-5-3-4-14(16)13(15)8-9-17/h3-5,12H,2,6-11,17H2,1H3. The van der Waals surface area contributed by atoms with E-state index in [1.54, 1.807) is 6.07 Å². The van der Waals surface area contributed by atoms with Gasteiger partial charge in [0.05, 0.1) is 0 Å². The summed E-state index contributed by atoms with van der Waals surface area (Å²) >= 11 is 0. The second kappa shape index (κ2) is 6.19. The fourth-order valence-corrected chi connectivity index (χ4v) is 2.43. The molecule has 1 saturated carbocycles. The number of anilines is 1. The quantitative estimate of drug-likeness (QED) is 0.806. The highest BCUT2D eigenvalue weighted by atomic mass is 19.1. The Labute approximate surface area is 109 Å². The highest BCUT2D eigenvalue weighted by molar-refractivity contribution is 5.54. The topological polar surface area (TPSA) is 29.3 Å². The molecule has 0 amide bonds. The van der Waals surface area contributed by atoms with Gasteiger partial charge in [0, 0.05) is 24.3 Å². The smallest absolute Gasteiger partial charge is 0.128 e. The van der Waals surface area contributed by atoms with Gasteiger partial charge in [-0.05, 0) is 50.3 Å². The van der Waals surface area contributed by atoms with Crippen molar-refractivity contribution in [3.63, 3.8) is 0 Å². The van der Waals surface area contributed by atoms with Crippen molar-refractivity contribution in [2.45, 2.75) is 32.6 Å². The molecule has 2 N–H and O–H groups in total. The second-order valence-corrected chi connectivity index (χ2v) is 5.17. The minimum absolute atomic E-state index is 0.116. The highest BCUT2D eigenvalue weighted by Gasteiger charge is 2.25. The average Bonchev–Trinajstić information content (AvgIpc) is 3.15. The predicted molar refractivity (Wildman–Crippen MR) is 74.4 cm³/mol. The third-order valence-electron chi connectivity index (χ3n) is 3.50. The molecule has 2 nitrogen and oxygen atoms in total. The third-order valence-corrected chi connectivity index (χ3v) is 3.50. The Morgan fingerprint density at radius 3 is 2.78 bits per heavy atom. The highest BCUT2D eigenvalue weighted by Crippen LogP contribution is 2.33. The number of nitrogens with two attached hydrogens (primary N) is 1. The molecule has 1 aliphatic rings. The Bertz CT molecular complexity index is 388. The second-order valence-electron chi connectivity index (χ2n) is 5.17. The summed E-state index contributed by atoms with van der Waals surface area (Å²) in [4.78, 5) is 2.34. The molecule has 1 aliphatic carbocycles. The molecule has 0 saturated heterocycles. The lowest BCUT2D eigenvalue weighted by Crippen LogP contribution is -2.28. The van der Waals surface area contributed by atoms with Gasteiger partial charge in [-0.2, -0.15) is 0 Å². The van der Waals surface area contributed by atoms with Crippen molar-refractivity contribution in [2.24, 2.45) is 11.7 Å². The van der Waals surface area contributed by atoms with Crippen LogP contribution in [0.15, 0.2) is 18.2 Å². The van der Waals surface area contributed by atoms with Crippen LogP contribution in [0, 0.1) is 11.7 Å². The average molecular weight is 250 g/mol. The molecule has 3 heteroatoms. The summed E-state index contributed by atoms with van der Waals surface area (Å²) in [6.45, 7) is 4.73. The number of rotatable bonds is 7. The number of hydrogen-bond donors (Lipinski definition) is 1. The van der Waals surface area contributed by atoms with Gasteiger partial charge in [0.15, 0.2) is 0 Å². The van der Waals surface area contributed by atoms with Crippen LogP contribution in [0.25, 0.3) is 0 Å². The van der Waals surface area contributed by atoms with Crippen molar-refractivity contribution in [2.75, 3.05) is 24.5 Å². The molecule has 0 atom stereocenters. The van der Waals surface area contributed by atoms with E-state index >= 15 is 0 Å². The molecular formula is C15H23FN2. The number of benzene rings is 1. The molecule has 0 aromatic heterocycles. The number of hydrogen-bond acceptors (Lipinski definition) is 2. The van der Waals surface area contributed by atoms with Crippen LogP contribution in [0.5, 0.6) is 0 Å². The van der Waals surface area contributed by atoms with Crippen LogP contribution in [-0.4, -0.2) is 19.6 Å². The lowest BCUT2D eigenvalue weighted by atomic mass is 10.1. The molecule has 0 aliphatic heterocycles. The third kappa shape index (κ3) is 3.22. The summed E-state index contributed by atoms with van der Waals surface area (Å²) in [6, 6.07) is 5.38. The van der Waals surface area contributed by atoms with Crippen molar-refractivity contribution in [3.05, 3.63) is 29.6 Å². The first-order valence-corrected chi connectivity index (χ1v) is 6.98. The maximum atomic E-state index is 13.9. The van der Waals surface area contributed by atoms with Gasteiger partial charge in [-0.15, -0.1) is 0 Å². The van der Waals surface area contributed by atoms with Crippen molar-refractivity contribution in [1.82, 2.24) is 0 Å². The summed E-state index contributed by atoms with van der Waals surface area (Å²) in [5.74, 6) is 0.695. The molecule has 0 unspecified atom stereocenters. The van der Waals surface area contributed by atoms with Gasteiger partial charge in [-0.25, -0.2) is 4.39 Å². The van der Waals surface area contributed by atoms with E-state index in [1.807, 2.05) is 6.07 Å². The van der Waals surface area contributed by atoms with Gasteiger partial charge < -0.3 is 10.6 Å². The van der Waals surface area contributed by atoms with E-state index < -0.39 is 0 Å². The summed E-state index contributed by atoms with van der Waals surface area (Å²) in [7, 11) is 0. The maximum absolute atomic E-state index is 13.9. The summed E-state index contributed by atoms with van der Waals surface area (Å²) in [5.41, 5.74) is 7.44. The van der Waals surface area contributed by atoms with Gasteiger partial charge in [-0.3, -0.25) is 0 Å². The minimum atomic E-state index is -0.116. The fourth-order valence-electron chi connectivity index (χ4n) is 2.43. The summed E-state index contributed by atoms with van der Waals surface area (Å²) in [6.07, 6.45) is 4.35. The van der Waals surface area contributed by atoms with Crippen molar-refractivity contribution in [3.8, 4) is 0 Å². The van der Waals surface area contributed by atoms with Crippen molar-refractivity contribution >= 4 is 5.69 Å². The predicted octanol–water partition coefficient (Wildman–Crippen LogP) is 2.95. The van der Waals surface area contributed by atoms with E-state index in [9.17, 15) is 4.39 Å². The molecule has 1 aromatic carbocycles. The molecule has 0 heterocycles. The van der Waals surface area contributed by atoms with Gasteiger partial charge in [0.25, 0.3) is 0 Å². The summed E-state index contributed by atoms with van der Waals surface area (Å²) in [5, 5.41) is 0. The number of halogens is 1. The van der Waals surface area contributed by atoms with Crippen LogP contribution in [0.4, 0.5) is 10.1 Å². The monoisotopic (exact) mass is 250 g/mol. The van der Waals surface area contributed by atoms with Crippen LogP contribution < -0.4 is 10.6 Å². The zero-order valence-electron chi connectivity index (χ0n) is 11.2. The van der Waals surface area contributed by atoms with Gasteiger partial charge in [-0.1, -0.05) is 13.0 Å². The number of nitrogens with zero attached hydrogens (tertiary/aromatic N) is 1. The van der Waals surface area contributed by atoms with E-state index in [1.165, 1.54) is 18.9 Å². The Kier molecular flexibility index (Phi) is 4.59. The SMILES string of the molecule is CCCN(CC1CC1)c1cccc(F)c1CCN. The zero-order chi connectivity index (χ0) is 13.0. The molecule has 0 bridgehead atoms. The van der Waals surface area contributed by atoms with Crippen LogP contribution in [0.2, 0.25) is 0 Å². The Balaban J connectivity index is 2.23. The largest absolute Gasteiger partial charge is 0.371 e. The molecule has 1 aromatic rings. The fraction of sp³-hybridized carbons (Fsp3) is 0.600. The van der Waals surface area contributed by atoms with E-state index in [0.29, 0.717) is 13.0 Å². The van der Waals surface area contributed by atoms with Gasteiger partial charge in [0.2, 0.25) is 0 Å². The molecule has 0 spiro atoms. The van der Waals surface area contributed by atoms with E-state index in [2.05, 4.69) is 11.8 Å². The minimum Gasteiger partial charge on any atom is -0.371 e. The van der Waals surface area contributed by atoms with E-state index in [0.717, 1.165) is 36.7 Å². The molecule has 2 rings (SSSR count). The van der Waals surface area contributed by atoms with Crippen LogP contribution >= 0.6 is 0 Å². The molecular weight excluding hydrogens is 227 g/mol. The lowest BCUT2D eigenvalue weighted by Gasteiger charge is -2.27. The first-order valence-electron chi connectivity index (χ1n) is 6.98. The zero-order valence-corrected chi connectivity index (χ0v) is 11.2. The first kappa shape index (κ1) is 13.3. The van der Waals surface area contributed by atoms with Crippen LogP contribution in [-0.2, 0) is 6.42 Å². The Morgan fingerprint density at radius 1 is 1.39 bits per heavy atom. The van der Waals surface area contributed by atoms with Crippen molar-refractivity contribution in [1.29, 1.82) is 0 Å². The normalized spacial score (nSPS) is 14.8. The first-order chi connectivity index (χ1) is 8.76. The van der Waals surface area contributed by atoms with Crippen LogP contribution in [0.1, 0.15) is 31.7 Å². The van der Waals surface area contributed by atoms with E-state index in [4.69, 9.17) is 5.73 Å². The summed E-state index contributed by atoms with van der Waals surface area (Å²) < 4.78 is 13.9. The molecule has 0 radical (unpaired) electrons. The lowest BCUT2D eigenvalue weighted by molar-refractivity contribution is 0.605. The van der Waals surface area contributed by atoms with Gasteiger partial charge >= 0.3 is 0 Å². The molecule has 100 valence electrons. The van der Waals surface area contributed by atoms with Crippen molar-refractivity contribution < 1.29 is 4.39 Å².